The summed E-state index contributed by atoms with van der Waals surface area (Å²) in [4.78, 5) is 18.9. The fourth-order valence-electron chi connectivity index (χ4n) is 3.21. The average Bonchev–Trinajstić information content (AvgIpc) is 3.06. The van der Waals surface area contributed by atoms with Gasteiger partial charge >= 0.3 is 0 Å². The molecule has 0 spiro atoms. The minimum Gasteiger partial charge on any atom is -0.358 e. The van der Waals surface area contributed by atoms with Crippen LogP contribution in [-0.2, 0) is 4.79 Å². The Morgan fingerprint density at radius 3 is 3.04 bits per heavy atom. The summed E-state index contributed by atoms with van der Waals surface area (Å²) in [7, 11) is 0. The quantitative estimate of drug-likeness (QED) is 0.632. The monoisotopic (exact) mass is 331 g/mol. The number of fused-ring (bicyclic) bond motifs is 1. The van der Waals surface area contributed by atoms with E-state index < -0.39 is 0 Å². The van der Waals surface area contributed by atoms with E-state index in [1.165, 1.54) is 27.9 Å². The molecule has 23 heavy (non-hydrogen) atoms. The van der Waals surface area contributed by atoms with Crippen LogP contribution in [-0.4, -0.2) is 47.7 Å². The highest BCUT2D eigenvalue weighted by Crippen LogP contribution is 2.30. The van der Waals surface area contributed by atoms with Crippen LogP contribution in [0.1, 0.15) is 19.0 Å². The average molecular weight is 331 g/mol. The lowest BCUT2D eigenvalue weighted by molar-refractivity contribution is -0.121. The molecule has 1 unspecified atom stereocenters. The molecule has 2 heterocycles. The van der Waals surface area contributed by atoms with Crippen molar-refractivity contribution in [1.29, 1.82) is 0 Å². The predicted molar refractivity (Wildman–Crippen MR) is 97.0 cm³/mol. The van der Waals surface area contributed by atoms with Gasteiger partial charge in [0.05, 0.1) is 6.54 Å². The number of nitrogens with one attached hydrogen (secondary N) is 2. The molecule has 0 radical (unpaired) electrons. The fourth-order valence-corrected chi connectivity index (χ4v) is 4.22. The third-order valence-electron chi connectivity index (χ3n) is 4.38. The maximum absolute atomic E-state index is 12.0. The molecule has 2 N–H and O–H groups in total. The van der Waals surface area contributed by atoms with Crippen molar-refractivity contribution >= 4 is 28.6 Å². The Morgan fingerprint density at radius 2 is 2.26 bits per heavy atom. The van der Waals surface area contributed by atoms with Crippen molar-refractivity contribution in [3.05, 3.63) is 30.0 Å². The van der Waals surface area contributed by atoms with Crippen LogP contribution in [0.3, 0.4) is 0 Å². The van der Waals surface area contributed by atoms with Crippen LogP contribution in [0.25, 0.3) is 10.9 Å². The molecule has 0 saturated carbocycles. The second-order valence-electron chi connectivity index (χ2n) is 6.45. The van der Waals surface area contributed by atoms with Crippen molar-refractivity contribution in [2.24, 2.45) is 5.92 Å². The van der Waals surface area contributed by atoms with E-state index in [4.69, 9.17) is 0 Å². The predicted octanol–water partition coefficient (Wildman–Crippen LogP) is 3.03. The van der Waals surface area contributed by atoms with Crippen LogP contribution >= 0.6 is 11.8 Å². The van der Waals surface area contributed by atoms with Crippen LogP contribution in [0, 0.1) is 12.8 Å². The minimum absolute atomic E-state index is 0.148. The van der Waals surface area contributed by atoms with E-state index >= 15 is 0 Å². The summed E-state index contributed by atoms with van der Waals surface area (Å²) < 4.78 is 0. The molecule has 1 aliphatic heterocycles. The normalized spacial score (nSPS) is 18.6. The first kappa shape index (κ1) is 16.4. The number of aromatic nitrogens is 1. The maximum atomic E-state index is 12.0. The number of aromatic amines is 1. The first-order valence-corrected chi connectivity index (χ1v) is 9.31. The lowest BCUT2D eigenvalue weighted by Crippen LogP contribution is -2.36. The fraction of sp³-hybridized carbons (Fsp3) is 0.500. The number of benzene rings is 1. The number of thioether (sulfide) groups is 1. The van der Waals surface area contributed by atoms with Crippen molar-refractivity contribution in [3.8, 4) is 0 Å². The van der Waals surface area contributed by atoms with Crippen molar-refractivity contribution in [3.63, 3.8) is 0 Å². The number of hydrogen-bond donors (Lipinski definition) is 2. The number of nitrogens with zero attached hydrogens (tertiary/aromatic N) is 1. The van der Waals surface area contributed by atoms with Crippen molar-refractivity contribution in [2.45, 2.75) is 25.2 Å². The molecule has 1 aromatic heterocycles. The molecule has 1 amide bonds. The SMILES string of the molecule is Cc1[nH]c2ccccc2c1SCCNC(=O)CN1CCC(C)C1. The van der Waals surface area contributed by atoms with Gasteiger partial charge in [-0.15, -0.1) is 11.8 Å². The van der Waals surface area contributed by atoms with Gasteiger partial charge in [-0.3, -0.25) is 9.69 Å². The number of aryl methyl sites for hydroxylation is 1. The van der Waals surface area contributed by atoms with E-state index in [0.717, 1.165) is 24.8 Å². The van der Waals surface area contributed by atoms with Gasteiger partial charge in [-0.05, 0) is 31.9 Å². The number of hydrogen-bond acceptors (Lipinski definition) is 3. The van der Waals surface area contributed by atoms with Gasteiger partial charge in [0, 0.05) is 40.3 Å². The first-order chi connectivity index (χ1) is 11.1. The Balaban J connectivity index is 1.44. The van der Waals surface area contributed by atoms with E-state index in [9.17, 15) is 4.79 Å². The zero-order valence-corrected chi connectivity index (χ0v) is 14.7. The molecule has 5 heteroatoms. The number of H-pyrrole nitrogens is 1. The Bertz CT molecular complexity index is 682. The summed E-state index contributed by atoms with van der Waals surface area (Å²) in [5.41, 5.74) is 2.38. The first-order valence-electron chi connectivity index (χ1n) is 8.32. The number of rotatable bonds is 6. The van der Waals surface area contributed by atoms with Crippen LogP contribution in [0.15, 0.2) is 29.2 Å². The summed E-state index contributed by atoms with van der Waals surface area (Å²) in [6.45, 7) is 7.72. The number of para-hydroxylation sites is 1. The van der Waals surface area contributed by atoms with Gasteiger partial charge in [0.2, 0.25) is 5.91 Å². The lowest BCUT2D eigenvalue weighted by atomic mass is 10.2. The number of amides is 1. The topological polar surface area (TPSA) is 48.1 Å². The zero-order valence-electron chi connectivity index (χ0n) is 13.9. The van der Waals surface area contributed by atoms with Gasteiger partial charge < -0.3 is 10.3 Å². The molecule has 4 nitrogen and oxygen atoms in total. The van der Waals surface area contributed by atoms with Crippen LogP contribution < -0.4 is 5.32 Å². The molecule has 0 bridgehead atoms. The Hall–Kier alpha value is -1.46. The zero-order chi connectivity index (χ0) is 16.2. The van der Waals surface area contributed by atoms with E-state index in [0.29, 0.717) is 13.1 Å². The van der Waals surface area contributed by atoms with Crippen molar-refractivity contribution in [1.82, 2.24) is 15.2 Å². The number of likely N-dealkylation sites (tertiary alicyclic amines) is 1. The van der Waals surface area contributed by atoms with Gasteiger partial charge in [-0.1, -0.05) is 25.1 Å². The molecular weight excluding hydrogens is 306 g/mol. The summed E-state index contributed by atoms with van der Waals surface area (Å²) in [5.74, 6) is 1.77. The Labute approximate surface area is 142 Å². The molecule has 1 saturated heterocycles. The standard InChI is InChI=1S/C18H25N3OS/c1-13-7-9-21(11-13)12-17(22)19-8-10-23-18-14(2)20-16-6-4-3-5-15(16)18/h3-6,13,20H,7-12H2,1-2H3,(H,19,22). The highest BCUT2D eigenvalue weighted by Gasteiger charge is 2.20. The highest BCUT2D eigenvalue weighted by atomic mass is 32.2. The third kappa shape index (κ3) is 4.09. The van der Waals surface area contributed by atoms with Gasteiger partial charge in [0.25, 0.3) is 0 Å². The van der Waals surface area contributed by atoms with Crippen LogP contribution in [0.4, 0.5) is 0 Å². The summed E-state index contributed by atoms with van der Waals surface area (Å²) in [6, 6.07) is 8.37. The van der Waals surface area contributed by atoms with Crippen molar-refractivity contribution in [2.75, 3.05) is 31.9 Å². The van der Waals surface area contributed by atoms with Crippen molar-refractivity contribution < 1.29 is 4.79 Å². The molecular formula is C18H25N3OS. The molecule has 2 aromatic rings. The maximum Gasteiger partial charge on any atom is 0.234 e. The van der Waals surface area contributed by atoms with E-state index in [2.05, 4.69) is 47.2 Å². The van der Waals surface area contributed by atoms with Gasteiger partial charge in [-0.2, -0.15) is 0 Å². The van der Waals surface area contributed by atoms with Gasteiger partial charge in [-0.25, -0.2) is 0 Å². The van der Waals surface area contributed by atoms with Crippen LogP contribution in [0.5, 0.6) is 0 Å². The third-order valence-corrected chi connectivity index (χ3v) is 5.60. The molecule has 1 fully saturated rings. The molecule has 1 atom stereocenters. The largest absolute Gasteiger partial charge is 0.358 e. The van der Waals surface area contributed by atoms with E-state index in [1.807, 2.05) is 17.8 Å². The molecule has 124 valence electrons. The minimum atomic E-state index is 0.148. The summed E-state index contributed by atoms with van der Waals surface area (Å²) >= 11 is 1.81. The molecule has 0 aliphatic carbocycles. The number of carbonyl (C=O) groups excluding carboxylic acids is 1. The number of carbonyl (C=O) groups is 1. The smallest absolute Gasteiger partial charge is 0.234 e. The molecule has 1 aromatic carbocycles. The summed E-state index contributed by atoms with van der Waals surface area (Å²) in [6.07, 6.45) is 1.21. The lowest BCUT2D eigenvalue weighted by Gasteiger charge is -2.14. The summed E-state index contributed by atoms with van der Waals surface area (Å²) in [5, 5.41) is 4.31. The molecule has 1 aliphatic rings. The van der Waals surface area contributed by atoms with E-state index in [-0.39, 0.29) is 5.91 Å². The second kappa shape index (κ2) is 7.41. The Morgan fingerprint density at radius 1 is 1.43 bits per heavy atom. The molecule has 3 rings (SSSR count). The van der Waals surface area contributed by atoms with Crippen LogP contribution in [0.2, 0.25) is 0 Å². The second-order valence-corrected chi connectivity index (χ2v) is 7.56. The van der Waals surface area contributed by atoms with E-state index in [1.54, 1.807) is 0 Å². The van der Waals surface area contributed by atoms with Gasteiger partial charge in [0.15, 0.2) is 0 Å². The highest BCUT2D eigenvalue weighted by molar-refractivity contribution is 7.99. The Kier molecular flexibility index (Phi) is 5.28. The van der Waals surface area contributed by atoms with Gasteiger partial charge in [0.1, 0.15) is 0 Å².